The molecule has 0 aromatic carbocycles. The zero-order chi connectivity index (χ0) is 12.9. The van der Waals surface area contributed by atoms with Crippen LogP contribution in [0.15, 0.2) is 0 Å². The fourth-order valence-corrected chi connectivity index (χ4v) is 1.91. The quantitative estimate of drug-likeness (QED) is 0.755. The molecule has 1 fully saturated rings. The van der Waals surface area contributed by atoms with Crippen molar-refractivity contribution in [3.63, 3.8) is 0 Å². The molecule has 0 aliphatic carbocycles. The van der Waals surface area contributed by atoms with Crippen LogP contribution in [0.2, 0.25) is 0 Å². The van der Waals surface area contributed by atoms with Gasteiger partial charge < -0.3 is 15.3 Å². The lowest BCUT2D eigenvalue weighted by Gasteiger charge is -2.31. The first-order valence-corrected chi connectivity index (χ1v) is 5.66. The third-order valence-electron chi connectivity index (χ3n) is 2.79. The van der Waals surface area contributed by atoms with Crippen molar-refractivity contribution in [2.45, 2.75) is 37.9 Å². The second kappa shape index (κ2) is 6.09. The molecule has 0 saturated carbocycles. The van der Waals surface area contributed by atoms with Crippen molar-refractivity contribution in [1.29, 1.82) is 0 Å². The Hall–Kier alpha value is -0.980. The first-order chi connectivity index (χ1) is 7.88. The number of carbonyl (C=O) groups is 1. The number of halogens is 3. The van der Waals surface area contributed by atoms with Gasteiger partial charge in [-0.1, -0.05) is 6.42 Å². The SMILES string of the molecule is O=C(O)N1CCNC(CCCCC(F)(F)F)C1. The number of unbranched alkanes of at least 4 members (excludes halogenated alkanes) is 1. The van der Waals surface area contributed by atoms with Crippen LogP contribution in [0.1, 0.15) is 25.7 Å². The third kappa shape index (κ3) is 5.76. The number of hydrogen-bond donors (Lipinski definition) is 2. The zero-order valence-electron chi connectivity index (χ0n) is 9.46. The molecule has 1 amide bonds. The van der Waals surface area contributed by atoms with Crippen molar-refractivity contribution in [3.05, 3.63) is 0 Å². The lowest BCUT2D eigenvalue weighted by atomic mass is 10.1. The average molecular weight is 254 g/mol. The predicted octanol–water partition coefficient (Wildman–Crippen LogP) is 2.06. The molecule has 0 bridgehead atoms. The Kier molecular flexibility index (Phi) is 5.04. The van der Waals surface area contributed by atoms with Crippen LogP contribution in [-0.4, -0.2) is 48.0 Å². The second-order valence-corrected chi connectivity index (χ2v) is 4.24. The van der Waals surface area contributed by atoms with Crippen LogP contribution in [0.25, 0.3) is 0 Å². The van der Waals surface area contributed by atoms with Crippen LogP contribution in [0, 0.1) is 0 Å². The van der Waals surface area contributed by atoms with Crippen molar-refractivity contribution in [2.24, 2.45) is 0 Å². The molecule has 100 valence electrons. The maximum Gasteiger partial charge on any atom is 0.407 e. The van der Waals surface area contributed by atoms with E-state index in [9.17, 15) is 18.0 Å². The highest BCUT2D eigenvalue weighted by molar-refractivity contribution is 5.65. The van der Waals surface area contributed by atoms with E-state index >= 15 is 0 Å². The maximum absolute atomic E-state index is 11.9. The van der Waals surface area contributed by atoms with E-state index in [1.54, 1.807) is 0 Å². The van der Waals surface area contributed by atoms with E-state index < -0.39 is 18.7 Å². The highest BCUT2D eigenvalue weighted by Gasteiger charge is 2.27. The Bertz CT molecular complexity index is 258. The monoisotopic (exact) mass is 254 g/mol. The molecule has 0 aromatic heterocycles. The number of alkyl halides is 3. The van der Waals surface area contributed by atoms with Crippen molar-refractivity contribution in [3.8, 4) is 0 Å². The summed E-state index contributed by atoms with van der Waals surface area (Å²) in [5.74, 6) is 0. The molecule has 0 aromatic rings. The minimum atomic E-state index is -4.09. The van der Waals surface area contributed by atoms with E-state index in [4.69, 9.17) is 5.11 Å². The van der Waals surface area contributed by atoms with Crippen LogP contribution >= 0.6 is 0 Å². The van der Waals surface area contributed by atoms with Gasteiger partial charge in [-0.25, -0.2) is 4.79 Å². The Morgan fingerprint density at radius 3 is 2.71 bits per heavy atom. The largest absolute Gasteiger partial charge is 0.465 e. The van der Waals surface area contributed by atoms with Gasteiger partial charge in [0, 0.05) is 32.1 Å². The molecular weight excluding hydrogens is 237 g/mol. The minimum absolute atomic E-state index is 0.0203. The summed E-state index contributed by atoms with van der Waals surface area (Å²) in [7, 11) is 0. The third-order valence-corrected chi connectivity index (χ3v) is 2.79. The van der Waals surface area contributed by atoms with E-state index in [0.29, 0.717) is 32.5 Å². The van der Waals surface area contributed by atoms with Gasteiger partial charge in [0.2, 0.25) is 0 Å². The molecule has 1 unspecified atom stereocenters. The first-order valence-electron chi connectivity index (χ1n) is 5.66. The predicted molar refractivity (Wildman–Crippen MR) is 55.9 cm³/mol. The molecule has 1 atom stereocenters. The number of nitrogens with zero attached hydrogens (tertiary/aromatic N) is 1. The molecule has 0 spiro atoms. The Labute approximate surface area is 97.8 Å². The first kappa shape index (κ1) is 14.1. The van der Waals surface area contributed by atoms with Gasteiger partial charge in [0.25, 0.3) is 0 Å². The summed E-state index contributed by atoms with van der Waals surface area (Å²) in [6.45, 7) is 1.37. The number of hydrogen-bond acceptors (Lipinski definition) is 2. The number of carboxylic acid groups (broad SMARTS) is 1. The van der Waals surface area contributed by atoms with Crippen molar-refractivity contribution in [1.82, 2.24) is 10.2 Å². The average Bonchev–Trinajstić information content (AvgIpc) is 2.23. The van der Waals surface area contributed by atoms with Crippen LogP contribution in [-0.2, 0) is 0 Å². The zero-order valence-corrected chi connectivity index (χ0v) is 9.46. The second-order valence-electron chi connectivity index (χ2n) is 4.24. The van der Waals surface area contributed by atoms with E-state index in [1.807, 2.05) is 0 Å². The number of rotatable bonds is 4. The molecule has 0 radical (unpaired) electrons. The molecule has 1 heterocycles. The van der Waals surface area contributed by atoms with Crippen molar-refractivity contribution >= 4 is 6.09 Å². The van der Waals surface area contributed by atoms with Crippen LogP contribution in [0.5, 0.6) is 0 Å². The molecule has 7 heteroatoms. The van der Waals surface area contributed by atoms with Gasteiger partial charge >= 0.3 is 12.3 Å². The molecule has 1 rings (SSSR count). The van der Waals surface area contributed by atoms with Gasteiger partial charge in [-0.2, -0.15) is 13.2 Å². The fraction of sp³-hybridized carbons (Fsp3) is 0.900. The summed E-state index contributed by atoms with van der Waals surface area (Å²) in [5.41, 5.74) is 0. The summed E-state index contributed by atoms with van der Waals surface area (Å²) >= 11 is 0. The highest BCUT2D eigenvalue weighted by atomic mass is 19.4. The van der Waals surface area contributed by atoms with Crippen molar-refractivity contribution in [2.75, 3.05) is 19.6 Å². The lowest BCUT2D eigenvalue weighted by Crippen LogP contribution is -2.52. The molecule has 2 N–H and O–H groups in total. The summed E-state index contributed by atoms with van der Waals surface area (Å²) in [6.07, 6.45) is -4.67. The normalized spacial score (nSPS) is 21.6. The minimum Gasteiger partial charge on any atom is -0.465 e. The number of amides is 1. The van der Waals surface area contributed by atoms with Gasteiger partial charge in [0.05, 0.1) is 0 Å². The summed E-state index contributed by atoms with van der Waals surface area (Å²) in [5, 5.41) is 11.9. The van der Waals surface area contributed by atoms with Crippen molar-refractivity contribution < 1.29 is 23.1 Å². The standard InChI is InChI=1S/C10H17F3N2O2/c11-10(12,13)4-2-1-3-8-7-15(9(16)17)6-5-14-8/h8,14H,1-7H2,(H,16,17). The van der Waals surface area contributed by atoms with E-state index in [-0.39, 0.29) is 12.5 Å². The van der Waals surface area contributed by atoms with Crippen LogP contribution < -0.4 is 5.32 Å². The Morgan fingerprint density at radius 2 is 2.12 bits per heavy atom. The van der Waals surface area contributed by atoms with E-state index in [0.717, 1.165) is 0 Å². The van der Waals surface area contributed by atoms with Gasteiger partial charge in [-0.3, -0.25) is 0 Å². The molecular formula is C10H17F3N2O2. The van der Waals surface area contributed by atoms with E-state index in [1.165, 1.54) is 4.90 Å². The van der Waals surface area contributed by atoms with E-state index in [2.05, 4.69) is 5.32 Å². The van der Waals surface area contributed by atoms with Gasteiger partial charge in [0.15, 0.2) is 0 Å². The van der Waals surface area contributed by atoms with Crippen LogP contribution in [0.4, 0.5) is 18.0 Å². The summed E-state index contributed by atoms with van der Waals surface area (Å²) in [6, 6.07) is -0.0203. The van der Waals surface area contributed by atoms with Gasteiger partial charge in [-0.15, -0.1) is 0 Å². The van der Waals surface area contributed by atoms with Gasteiger partial charge in [-0.05, 0) is 12.8 Å². The Morgan fingerprint density at radius 1 is 1.41 bits per heavy atom. The number of nitrogens with one attached hydrogen (secondary N) is 1. The molecule has 1 aliphatic heterocycles. The topological polar surface area (TPSA) is 52.6 Å². The highest BCUT2D eigenvalue weighted by Crippen LogP contribution is 2.23. The molecule has 4 nitrogen and oxygen atoms in total. The summed E-state index contributed by atoms with van der Waals surface area (Å²) < 4.78 is 35.7. The maximum atomic E-state index is 11.9. The smallest absolute Gasteiger partial charge is 0.407 e. The summed E-state index contributed by atoms with van der Waals surface area (Å²) in [4.78, 5) is 12.0. The fourth-order valence-electron chi connectivity index (χ4n) is 1.91. The lowest BCUT2D eigenvalue weighted by molar-refractivity contribution is -0.135. The molecule has 1 aliphatic rings. The van der Waals surface area contributed by atoms with Crippen LogP contribution in [0.3, 0.4) is 0 Å². The van der Waals surface area contributed by atoms with Gasteiger partial charge in [0.1, 0.15) is 0 Å². The molecule has 1 saturated heterocycles. The molecule has 17 heavy (non-hydrogen) atoms. The Balaban J connectivity index is 2.17. The number of piperazine rings is 1.